The van der Waals surface area contributed by atoms with Gasteiger partial charge < -0.3 is 9.15 Å². The van der Waals surface area contributed by atoms with E-state index < -0.39 is 5.97 Å². The summed E-state index contributed by atoms with van der Waals surface area (Å²) in [5.74, 6) is 0.764. The van der Waals surface area contributed by atoms with Crippen molar-refractivity contribution >= 4 is 5.97 Å². The first-order valence-electron chi connectivity index (χ1n) is 6.25. The van der Waals surface area contributed by atoms with Crippen LogP contribution >= 0.6 is 0 Å². The minimum absolute atomic E-state index is 0.400. The SMILES string of the molecule is O=C(Oc1ccccc1)c1ccccc1-c1ccco1. The van der Waals surface area contributed by atoms with Gasteiger partial charge in [0.25, 0.3) is 0 Å². The Bertz CT molecular complexity index is 700. The van der Waals surface area contributed by atoms with Gasteiger partial charge in [0.15, 0.2) is 0 Å². The summed E-state index contributed by atoms with van der Waals surface area (Å²) >= 11 is 0. The molecule has 1 aromatic heterocycles. The quantitative estimate of drug-likeness (QED) is 0.526. The fourth-order valence-corrected chi connectivity index (χ4v) is 1.96. The standard InChI is InChI=1S/C17H12O3/c18-17(20-13-7-2-1-3-8-13)15-10-5-4-9-14(15)16-11-6-12-19-16/h1-12H. The van der Waals surface area contributed by atoms with Crippen LogP contribution in [0.25, 0.3) is 11.3 Å². The van der Waals surface area contributed by atoms with Gasteiger partial charge in [-0.2, -0.15) is 0 Å². The molecule has 0 N–H and O–H groups in total. The molecule has 2 aromatic carbocycles. The Morgan fingerprint density at radius 1 is 0.850 bits per heavy atom. The molecule has 0 saturated heterocycles. The lowest BCUT2D eigenvalue weighted by molar-refractivity contribution is 0.0735. The van der Waals surface area contributed by atoms with E-state index in [1.165, 1.54) is 0 Å². The highest BCUT2D eigenvalue weighted by Crippen LogP contribution is 2.25. The zero-order valence-electron chi connectivity index (χ0n) is 10.7. The van der Waals surface area contributed by atoms with Gasteiger partial charge in [0.2, 0.25) is 0 Å². The molecule has 0 fully saturated rings. The largest absolute Gasteiger partial charge is 0.464 e. The van der Waals surface area contributed by atoms with E-state index in [9.17, 15) is 4.79 Å². The third-order valence-electron chi connectivity index (χ3n) is 2.89. The highest BCUT2D eigenvalue weighted by molar-refractivity contribution is 5.97. The molecule has 3 nitrogen and oxygen atoms in total. The smallest absolute Gasteiger partial charge is 0.344 e. The molecule has 0 radical (unpaired) electrons. The average molecular weight is 264 g/mol. The van der Waals surface area contributed by atoms with Gasteiger partial charge in [-0.3, -0.25) is 0 Å². The Morgan fingerprint density at radius 2 is 1.60 bits per heavy atom. The van der Waals surface area contributed by atoms with Crippen molar-refractivity contribution < 1.29 is 13.9 Å². The van der Waals surface area contributed by atoms with E-state index in [-0.39, 0.29) is 0 Å². The van der Waals surface area contributed by atoms with Crippen molar-refractivity contribution in [3.05, 3.63) is 78.6 Å². The predicted molar refractivity (Wildman–Crippen MR) is 75.5 cm³/mol. The number of ether oxygens (including phenoxy) is 1. The lowest BCUT2D eigenvalue weighted by Gasteiger charge is -2.07. The Kier molecular flexibility index (Phi) is 3.33. The molecule has 0 unspecified atom stereocenters. The van der Waals surface area contributed by atoms with Gasteiger partial charge in [0.05, 0.1) is 11.8 Å². The van der Waals surface area contributed by atoms with Crippen LogP contribution in [-0.4, -0.2) is 5.97 Å². The van der Waals surface area contributed by atoms with Crippen molar-refractivity contribution in [3.63, 3.8) is 0 Å². The summed E-state index contributed by atoms with van der Waals surface area (Å²) in [6.07, 6.45) is 1.58. The third-order valence-corrected chi connectivity index (χ3v) is 2.89. The number of carbonyl (C=O) groups excluding carboxylic acids is 1. The second-order valence-corrected chi connectivity index (χ2v) is 4.23. The molecule has 98 valence electrons. The molecule has 0 spiro atoms. The fraction of sp³-hybridized carbons (Fsp3) is 0. The fourth-order valence-electron chi connectivity index (χ4n) is 1.96. The molecule has 0 aliphatic carbocycles. The number of hydrogen-bond acceptors (Lipinski definition) is 3. The zero-order chi connectivity index (χ0) is 13.8. The number of carbonyl (C=O) groups is 1. The lowest BCUT2D eigenvalue weighted by atomic mass is 10.1. The zero-order valence-corrected chi connectivity index (χ0v) is 10.7. The van der Waals surface area contributed by atoms with Crippen molar-refractivity contribution in [3.8, 4) is 17.1 Å². The summed E-state index contributed by atoms with van der Waals surface area (Å²) in [4.78, 5) is 12.3. The second-order valence-electron chi connectivity index (χ2n) is 4.23. The van der Waals surface area contributed by atoms with E-state index in [1.807, 2.05) is 36.4 Å². The molecule has 0 bridgehead atoms. The normalized spacial score (nSPS) is 10.2. The summed E-state index contributed by atoms with van der Waals surface area (Å²) in [6.45, 7) is 0. The molecule has 0 amide bonds. The summed E-state index contributed by atoms with van der Waals surface area (Å²) in [7, 11) is 0. The highest BCUT2D eigenvalue weighted by Gasteiger charge is 2.15. The monoisotopic (exact) mass is 264 g/mol. The first-order chi connectivity index (χ1) is 9.84. The number of hydrogen-bond donors (Lipinski definition) is 0. The van der Waals surface area contributed by atoms with Crippen LogP contribution in [0.4, 0.5) is 0 Å². The molecular weight excluding hydrogens is 252 g/mol. The van der Waals surface area contributed by atoms with Crippen LogP contribution in [0.3, 0.4) is 0 Å². The molecule has 3 aromatic rings. The number of rotatable bonds is 3. The number of para-hydroxylation sites is 1. The van der Waals surface area contributed by atoms with E-state index in [1.54, 1.807) is 36.6 Å². The predicted octanol–water partition coefficient (Wildman–Crippen LogP) is 4.17. The first-order valence-corrected chi connectivity index (χ1v) is 6.25. The van der Waals surface area contributed by atoms with Crippen LogP contribution in [0.1, 0.15) is 10.4 Å². The Morgan fingerprint density at radius 3 is 2.35 bits per heavy atom. The lowest BCUT2D eigenvalue weighted by Crippen LogP contribution is -2.09. The number of furan rings is 1. The molecule has 1 heterocycles. The van der Waals surface area contributed by atoms with Gasteiger partial charge in [-0.15, -0.1) is 0 Å². The van der Waals surface area contributed by atoms with Crippen LogP contribution in [0, 0.1) is 0 Å². The van der Waals surface area contributed by atoms with Gasteiger partial charge >= 0.3 is 5.97 Å². The van der Waals surface area contributed by atoms with E-state index in [0.29, 0.717) is 17.1 Å². The van der Waals surface area contributed by atoms with Gasteiger partial charge in [-0.1, -0.05) is 36.4 Å². The van der Waals surface area contributed by atoms with E-state index in [2.05, 4.69) is 0 Å². The van der Waals surface area contributed by atoms with Gasteiger partial charge in [-0.25, -0.2) is 4.79 Å². The number of benzene rings is 2. The van der Waals surface area contributed by atoms with E-state index >= 15 is 0 Å². The molecular formula is C17H12O3. The minimum atomic E-state index is -0.400. The maximum absolute atomic E-state index is 12.3. The Balaban J connectivity index is 1.93. The Hall–Kier alpha value is -2.81. The molecule has 0 aliphatic heterocycles. The topological polar surface area (TPSA) is 39.4 Å². The molecule has 3 rings (SSSR count). The van der Waals surface area contributed by atoms with Gasteiger partial charge in [0.1, 0.15) is 11.5 Å². The summed E-state index contributed by atoms with van der Waals surface area (Å²) in [6, 6.07) is 19.8. The van der Waals surface area contributed by atoms with Crippen molar-refractivity contribution in [2.24, 2.45) is 0 Å². The molecule has 0 saturated carbocycles. The van der Waals surface area contributed by atoms with Crippen molar-refractivity contribution in [1.29, 1.82) is 0 Å². The second kappa shape index (κ2) is 5.45. The first kappa shape index (κ1) is 12.2. The summed E-state index contributed by atoms with van der Waals surface area (Å²) in [5, 5.41) is 0. The van der Waals surface area contributed by atoms with E-state index in [4.69, 9.17) is 9.15 Å². The van der Waals surface area contributed by atoms with Crippen LogP contribution in [-0.2, 0) is 0 Å². The van der Waals surface area contributed by atoms with Crippen LogP contribution in [0.15, 0.2) is 77.4 Å². The molecule has 3 heteroatoms. The van der Waals surface area contributed by atoms with Crippen molar-refractivity contribution in [2.75, 3.05) is 0 Å². The molecule has 0 atom stereocenters. The van der Waals surface area contributed by atoms with Crippen molar-refractivity contribution in [2.45, 2.75) is 0 Å². The van der Waals surface area contributed by atoms with Crippen LogP contribution in [0.2, 0.25) is 0 Å². The Labute approximate surface area is 116 Å². The molecule has 20 heavy (non-hydrogen) atoms. The minimum Gasteiger partial charge on any atom is -0.464 e. The summed E-state index contributed by atoms with van der Waals surface area (Å²) < 4.78 is 10.7. The van der Waals surface area contributed by atoms with Gasteiger partial charge in [-0.05, 0) is 30.3 Å². The summed E-state index contributed by atoms with van der Waals surface area (Å²) in [5.41, 5.74) is 1.20. The average Bonchev–Trinajstić information content (AvgIpc) is 3.02. The van der Waals surface area contributed by atoms with Gasteiger partial charge in [0, 0.05) is 5.56 Å². The maximum Gasteiger partial charge on any atom is 0.344 e. The van der Waals surface area contributed by atoms with Crippen molar-refractivity contribution in [1.82, 2.24) is 0 Å². The maximum atomic E-state index is 12.3. The van der Waals surface area contributed by atoms with Crippen LogP contribution in [0.5, 0.6) is 5.75 Å². The third kappa shape index (κ3) is 2.47. The highest BCUT2D eigenvalue weighted by atomic mass is 16.5. The molecule has 0 aliphatic rings. The van der Waals surface area contributed by atoms with E-state index in [0.717, 1.165) is 5.56 Å². The number of esters is 1. The van der Waals surface area contributed by atoms with Crippen LogP contribution < -0.4 is 4.74 Å².